The van der Waals surface area contributed by atoms with Crippen molar-refractivity contribution in [2.45, 2.75) is 38.1 Å². The van der Waals surface area contributed by atoms with Crippen LogP contribution in [0.5, 0.6) is 11.5 Å². The van der Waals surface area contributed by atoms with E-state index in [1.54, 1.807) is 32.4 Å². The van der Waals surface area contributed by atoms with E-state index in [0.29, 0.717) is 29.0 Å². The Balaban J connectivity index is 1.46. The topological polar surface area (TPSA) is 84.9 Å². The average Bonchev–Trinajstić information content (AvgIpc) is 3.38. The molecule has 162 valence electrons. The average molecular weight is 422 g/mol. The van der Waals surface area contributed by atoms with Crippen LogP contribution in [0.1, 0.15) is 62.3 Å². The molecule has 7 nitrogen and oxygen atoms in total. The molecule has 0 bridgehead atoms. The van der Waals surface area contributed by atoms with Gasteiger partial charge in [0.05, 0.1) is 25.3 Å². The summed E-state index contributed by atoms with van der Waals surface area (Å²) in [6, 6.07) is 10.4. The summed E-state index contributed by atoms with van der Waals surface area (Å²) >= 11 is 0. The fraction of sp³-hybridized carbons (Fsp3) is 0.375. The van der Waals surface area contributed by atoms with Crippen molar-refractivity contribution in [1.82, 2.24) is 10.2 Å². The summed E-state index contributed by atoms with van der Waals surface area (Å²) in [5.41, 5.74) is 1.96. The van der Waals surface area contributed by atoms with Gasteiger partial charge in [0, 0.05) is 18.2 Å². The van der Waals surface area contributed by atoms with Crippen LogP contribution in [0.15, 0.2) is 36.4 Å². The number of carbonyl (C=O) groups excluding carboxylic acids is 3. The molecule has 1 heterocycles. The number of ether oxygens (including phenoxy) is 2. The number of fused-ring (bicyclic) bond motifs is 1. The third-order valence-electron chi connectivity index (χ3n) is 6.00. The Morgan fingerprint density at radius 3 is 2.39 bits per heavy atom. The third-order valence-corrected chi connectivity index (χ3v) is 6.00. The third kappa shape index (κ3) is 4.13. The summed E-state index contributed by atoms with van der Waals surface area (Å²) in [5.74, 6) is 0.327. The van der Waals surface area contributed by atoms with Crippen LogP contribution < -0.4 is 14.8 Å². The summed E-state index contributed by atoms with van der Waals surface area (Å²) in [6.07, 6.45) is 4.70. The van der Waals surface area contributed by atoms with Gasteiger partial charge in [-0.2, -0.15) is 0 Å². The summed E-state index contributed by atoms with van der Waals surface area (Å²) in [7, 11) is 3.13. The van der Waals surface area contributed by atoms with Crippen LogP contribution in [-0.2, 0) is 6.42 Å². The van der Waals surface area contributed by atoms with E-state index in [-0.39, 0.29) is 35.9 Å². The first-order chi connectivity index (χ1) is 15.0. The standard InChI is InChI=1S/C24H26N2O5/c1-30-20-10-7-15(13-21(20)31-2)11-12-26-23(28)18-9-8-16(14-19(18)24(26)29)22(27)25-17-5-3-4-6-17/h7-10,13-14,17H,3-6,11-12H2,1-2H3,(H,25,27). The second kappa shape index (κ2) is 8.79. The zero-order valence-corrected chi connectivity index (χ0v) is 17.8. The maximum Gasteiger partial charge on any atom is 0.261 e. The fourth-order valence-electron chi connectivity index (χ4n) is 4.25. The zero-order chi connectivity index (χ0) is 22.0. The van der Waals surface area contributed by atoms with Crippen molar-refractivity contribution in [3.8, 4) is 11.5 Å². The zero-order valence-electron chi connectivity index (χ0n) is 17.8. The van der Waals surface area contributed by atoms with Crippen molar-refractivity contribution in [3.05, 3.63) is 58.7 Å². The number of amides is 3. The molecule has 7 heteroatoms. The highest BCUT2D eigenvalue weighted by Crippen LogP contribution is 2.29. The van der Waals surface area contributed by atoms with Gasteiger partial charge in [0.1, 0.15) is 0 Å². The van der Waals surface area contributed by atoms with Crippen LogP contribution in [0.3, 0.4) is 0 Å². The maximum atomic E-state index is 12.9. The predicted molar refractivity (Wildman–Crippen MR) is 115 cm³/mol. The van der Waals surface area contributed by atoms with Crippen LogP contribution >= 0.6 is 0 Å². The minimum absolute atomic E-state index is 0.191. The summed E-state index contributed by atoms with van der Waals surface area (Å²) in [4.78, 5) is 39.5. The Bertz CT molecular complexity index is 1030. The molecule has 2 aliphatic rings. The van der Waals surface area contributed by atoms with E-state index in [0.717, 1.165) is 31.2 Å². The second-order valence-corrected chi connectivity index (χ2v) is 7.92. The molecule has 0 unspecified atom stereocenters. The molecule has 0 atom stereocenters. The molecule has 4 rings (SSSR count). The Labute approximate surface area is 181 Å². The van der Waals surface area contributed by atoms with Gasteiger partial charge in [-0.15, -0.1) is 0 Å². The SMILES string of the molecule is COc1ccc(CCN2C(=O)c3ccc(C(=O)NC4CCCC4)cc3C2=O)cc1OC. The highest BCUT2D eigenvalue weighted by Gasteiger charge is 2.35. The van der Waals surface area contributed by atoms with Gasteiger partial charge in [-0.1, -0.05) is 18.9 Å². The number of rotatable bonds is 7. The van der Waals surface area contributed by atoms with Crippen molar-refractivity contribution in [3.63, 3.8) is 0 Å². The molecular weight excluding hydrogens is 396 g/mol. The number of hydrogen-bond donors (Lipinski definition) is 1. The van der Waals surface area contributed by atoms with Crippen molar-refractivity contribution >= 4 is 17.7 Å². The number of carbonyl (C=O) groups is 3. The summed E-state index contributed by atoms with van der Waals surface area (Å²) in [6.45, 7) is 0.242. The lowest BCUT2D eigenvalue weighted by molar-refractivity contribution is 0.0656. The molecule has 0 spiro atoms. The largest absolute Gasteiger partial charge is 0.493 e. The van der Waals surface area contributed by atoms with Crippen molar-refractivity contribution in [1.29, 1.82) is 0 Å². The quantitative estimate of drug-likeness (QED) is 0.693. The minimum atomic E-state index is -0.365. The van der Waals surface area contributed by atoms with E-state index >= 15 is 0 Å². The van der Waals surface area contributed by atoms with E-state index in [9.17, 15) is 14.4 Å². The number of nitrogens with one attached hydrogen (secondary N) is 1. The lowest BCUT2D eigenvalue weighted by Gasteiger charge is -2.15. The molecule has 31 heavy (non-hydrogen) atoms. The first-order valence-electron chi connectivity index (χ1n) is 10.5. The van der Waals surface area contributed by atoms with Gasteiger partial charge in [0.15, 0.2) is 11.5 Å². The Morgan fingerprint density at radius 1 is 0.968 bits per heavy atom. The Hall–Kier alpha value is -3.35. The van der Waals surface area contributed by atoms with E-state index in [1.807, 2.05) is 12.1 Å². The van der Waals surface area contributed by atoms with Crippen molar-refractivity contribution in [2.75, 3.05) is 20.8 Å². The van der Waals surface area contributed by atoms with Gasteiger partial charge >= 0.3 is 0 Å². The highest BCUT2D eigenvalue weighted by atomic mass is 16.5. The van der Waals surface area contributed by atoms with Gasteiger partial charge in [0.2, 0.25) is 0 Å². The van der Waals surface area contributed by atoms with E-state index in [1.165, 1.54) is 11.0 Å². The Kier molecular flexibility index (Phi) is 5.93. The van der Waals surface area contributed by atoms with Gasteiger partial charge in [-0.3, -0.25) is 19.3 Å². The summed E-state index contributed by atoms with van der Waals surface area (Å²) in [5, 5.41) is 3.02. The molecule has 1 aliphatic heterocycles. The molecule has 2 aromatic carbocycles. The number of benzene rings is 2. The van der Waals surface area contributed by atoms with Crippen LogP contribution in [0, 0.1) is 0 Å². The molecule has 2 aromatic rings. The number of hydrogen-bond acceptors (Lipinski definition) is 5. The van der Waals surface area contributed by atoms with Crippen molar-refractivity contribution < 1.29 is 23.9 Å². The number of nitrogens with zero attached hydrogens (tertiary/aromatic N) is 1. The first-order valence-corrected chi connectivity index (χ1v) is 10.5. The highest BCUT2D eigenvalue weighted by molar-refractivity contribution is 6.22. The number of methoxy groups -OCH3 is 2. The molecule has 0 radical (unpaired) electrons. The van der Waals surface area contributed by atoms with Gasteiger partial charge in [-0.05, 0) is 55.2 Å². The van der Waals surface area contributed by atoms with Crippen LogP contribution in [-0.4, -0.2) is 49.4 Å². The monoisotopic (exact) mass is 422 g/mol. The molecule has 1 N–H and O–H groups in total. The van der Waals surface area contributed by atoms with E-state index in [4.69, 9.17) is 9.47 Å². The van der Waals surface area contributed by atoms with Crippen molar-refractivity contribution in [2.24, 2.45) is 0 Å². The lowest BCUT2D eigenvalue weighted by atomic mass is 10.0. The molecular formula is C24H26N2O5. The molecule has 1 aliphatic carbocycles. The van der Waals surface area contributed by atoms with E-state index < -0.39 is 0 Å². The normalized spacial score (nSPS) is 15.9. The molecule has 3 amide bonds. The van der Waals surface area contributed by atoms with Gasteiger partial charge < -0.3 is 14.8 Å². The second-order valence-electron chi connectivity index (χ2n) is 7.92. The first kappa shape index (κ1) is 20.9. The van der Waals surface area contributed by atoms with Gasteiger partial charge in [-0.25, -0.2) is 0 Å². The van der Waals surface area contributed by atoms with E-state index in [2.05, 4.69) is 5.32 Å². The fourth-order valence-corrected chi connectivity index (χ4v) is 4.25. The minimum Gasteiger partial charge on any atom is -0.493 e. The summed E-state index contributed by atoms with van der Waals surface area (Å²) < 4.78 is 10.6. The Morgan fingerprint density at radius 2 is 1.68 bits per heavy atom. The lowest BCUT2D eigenvalue weighted by Crippen LogP contribution is -2.32. The smallest absolute Gasteiger partial charge is 0.261 e. The predicted octanol–water partition coefficient (Wildman–Crippen LogP) is 3.21. The van der Waals surface area contributed by atoms with Crippen LogP contribution in [0.4, 0.5) is 0 Å². The van der Waals surface area contributed by atoms with Crippen LogP contribution in [0.2, 0.25) is 0 Å². The number of imide groups is 1. The van der Waals surface area contributed by atoms with Crippen LogP contribution in [0.25, 0.3) is 0 Å². The molecule has 0 saturated heterocycles. The molecule has 1 saturated carbocycles. The molecule has 1 fully saturated rings. The molecule has 0 aromatic heterocycles. The maximum absolute atomic E-state index is 12.9. The van der Waals surface area contributed by atoms with Gasteiger partial charge in [0.25, 0.3) is 17.7 Å².